The number of fused-ring (bicyclic) bond motifs is 1. The van der Waals surface area contributed by atoms with Gasteiger partial charge in [0, 0.05) is 24.0 Å². The van der Waals surface area contributed by atoms with Gasteiger partial charge in [-0.05, 0) is 24.5 Å². The molecule has 1 aliphatic carbocycles. The molecular formula is C9H13ClN2S. The summed E-state index contributed by atoms with van der Waals surface area (Å²) in [5, 5.41) is 3.42. The third-order valence-corrected chi connectivity index (χ3v) is 3.72. The van der Waals surface area contributed by atoms with Crippen molar-refractivity contribution in [3.8, 4) is 0 Å². The Morgan fingerprint density at radius 3 is 3.31 bits per heavy atom. The van der Waals surface area contributed by atoms with Crippen molar-refractivity contribution in [2.45, 2.75) is 18.9 Å². The third kappa shape index (κ3) is 1.89. The Morgan fingerprint density at radius 2 is 2.54 bits per heavy atom. The lowest BCUT2D eigenvalue weighted by molar-refractivity contribution is 0.538. The number of aryl methyl sites for hydroxylation is 1. The van der Waals surface area contributed by atoms with Crippen LogP contribution in [0.3, 0.4) is 0 Å². The first-order valence-electron chi connectivity index (χ1n) is 4.53. The average Bonchev–Trinajstić information content (AvgIpc) is 2.61. The zero-order valence-electron chi connectivity index (χ0n) is 7.35. The van der Waals surface area contributed by atoms with Gasteiger partial charge in [0.25, 0.3) is 0 Å². The minimum absolute atomic E-state index is 0.488. The van der Waals surface area contributed by atoms with E-state index in [2.05, 4.69) is 11.4 Å². The van der Waals surface area contributed by atoms with Crippen molar-refractivity contribution in [3.63, 3.8) is 0 Å². The molecule has 2 nitrogen and oxygen atoms in total. The lowest BCUT2D eigenvalue weighted by Crippen LogP contribution is -2.25. The first-order valence-corrected chi connectivity index (χ1v) is 5.72. The number of hydrogen-bond acceptors (Lipinski definition) is 3. The lowest BCUT2D eigenvalue weighted by Gasteiger charge is -2.11. The van der Waals surface area contributed by atoms with Gasteiger partial charge in [-0.25, -0.2) is 0 Å². The second-order valence-electron chi connectivity index (χ2n) is 3.26. The summed E-state index contributed by atoms with van der Waals surface area (Å²) in [6, 6.07) is 2.57. The molecule has 0 amide bonds. The Hall–Kier alpha value is -0.0900. The molecule has 0 radical (unpaired) electrons. The topological polar surface area (TPSA) is 38.0 Å². The number of rotatable bonds is 3. The molecule has 1 aromatic rings. The molecule has 0 aliphatic heterocycles. The van der Waals surface area contributed by atoms with Gasteiger partial charge in [-0.3, -0.25) is 0 Å². The van der Waals surface area contributed by atoms with E-state index < -0.39 is 0 Å². The minimum Gasteiger partial charge on any atom is -0.329 e. The van der Waals surface area contributed by atoms with Gasteiger partial charge in [0.05, 0.1) is 4.34 Å². The van der Waals surface area contributed by atoms with E-state index in [0.29, 0.717) is 12.6 Å². The van der Waals surface area contributed by atoms with E-state index in [4.69, 9.17) is 17.3 Å². The summed E-state index contributed by atoms with van der Waals surface area (Å²) in [7, 11) is 0. The molecule has 13 heavy (non-hydrogen) atoms. The smallest absolute Gasteiger partial charge is 0.0934 e. The van der Waals surface area contributed by atoms with Crippen LogP contribution in [0.2, 0.25) is 4.34 Å². The summed E-state index contributed by atoms with van der Waals surface area (Å²) < 4.78 is 0.907. The van der Waals surface area contributed by atoms with Crippen molar-refractivity contribution in [1.29, 1.82) is 0 Å². The maximum Gasteiger partial charge on any atom is 0.0934 e. The molecule has 0 aromatic carbocycles. The van der Waals surface area contributed by atoms with Gasteiger partial charge in [-0.2, -0.15) is 0 Å². The Balaban J connectivity index is 2.08. The number of nitrogens with one attached hydrogen (secondary N) is 1. The first kappa shape index (κ1) is 9.46. The fourth-order valence-corrected chi connectivity index (χ4v) is 3.16. The van der Waals surface area contributed by atoms with E-state index in [1.54, 1.807) is 11.3 Å². The Morgan fingerprint density at radius 1 is 1.69 bits per heavy atom. The Bertz CT molecular complexity index is 298. The van der Waals surface area contributed by atoms with Crippen LogP contribution in [0.4, 0.5) is 0 Å². The zero-order chi connectivity index (χ0) is 9.26. The zero-order valence-corrected chi connectivity index (χ0v) is 8.92. The SMILES string of the molecule is NCCNC1CCc2sc(Cl)cc21. The molecule has 72 valence electrons. The van der Waals surface area contributed by atoms with Crippen molar-refractivity contribution in [3.05, 3.63) is 20.8 Å². The summed E-state index contributed by atoms with van der Waals surface area (Å²) in [6.07, 6.45) is 2.35. The van der Waals surface area contributed by atoms with Crippen molar-refractivity contribution in [2.75, 3.05) is 13.1 Å². The second-order valence-corrected chi connectivity index (χ2v) is 5.03. The summed E-state index contributed by atoms with van der Waals surface area (Å²) >= 11 is 7.65. The highest BCUT2D eigenvalue weighted by molar-refractivity contribution is 7.16. The monoisotopic (exact) mass is 216 g/mol. The molecule has 4 heteroatoms. The molecule has 1 heterocycles. The van der Waals surface area contributed by atoms with Crippen LogP contribution in [0.1, 0.15) is 22.9 Å². The van der Waals surface area contributed by atoms with Crippen molar-refractivity contribution >= 4 is 22.9 Å². The Labute approximate surface area is 87.1 Å². The molecule has 0 saturated carbocycles. The van der Waals surface area contributed by atoms with Crippen LogP contribution in [0.15, 0.2) is 6.07 Å². The van der Waals surface area contributed by atoms with Crippen LogP contribution in [-0.2, 0) is 6.42 Å². The highest BCUT2D eigenvalue weighted by Crippen LogP contribution is 2.39. The average molecular weight is 217 g/mol. The normalized spacial score (nSPS) is 20.6. The largest absolute Gasteiger partial charge is 0.329 e. The third-order valence-electron chi connectivity index (χ3n) is 2.38. The number of thiophene rings is 1. The molecule has 1 unspecified atom stereocenters. The molecule has 1 aliphatic rings. The second kappa shape index (κ2) is 3.96. The lowest BCUT2D eigenvalue weighted by atomic mass is 10.2. The van der Waals surface area contributed by atoms with E-state index in [-0.39, 0.29) is 0 Å². The Kier molecular flexibility index (Phi) is 2.89. The van der Waals surface area contributed by atoms with Crippen LogP contribution in [0.5, 0.6) is 0 Å². The van der Waals surface area contributed by atoms with Crippen LogP contribution < -0.4 is 11.1 Å². The van der Waals surface area contributed by atoms with Gasteiger partial charge in [-0.1, -0.05) is 11.6 Å². The van der Waals surface area contributed by atoms with Crippen molar-refractivity contribution in [1.82, 2.24) is 5.32 Å². The van der Waals surface area contributed by atoms with Crippen molar-refractivity contribution in [2.24, 2.45) is 5.73 Å². The maximum atomic E-state index is 5.94. The molecule has 1 aromatic heterocycles. The minimum atomic E-state index is 0.488. The fourth-order valence-electron chi connectivity index (χ4n) is 1.80. The van der Waals surface area contributed by atoms with E-state index in [1.165, 1.54) is 16.9 Å². The molecule has 0 saturated heterocycles. The van der Waals surface area contributed by atoms with Gasteiger partial charge >= 0.3 is 0 Å². The van der Waals surface area contributed by atoms with Crippen molar-refractivity contribution < 1.29 is 0 Å². The molecule has 0 spiro atoms. The van der Waals surface area contributed by atoms with Gasteiger partial charge in [0.1, 0.15) is 0 Å². The maximum absolute atomic E-state index is 5.94. The predicted molar refractivity (Wildman–Crippen MR) is 57.4 cm³/mol. The fraction of sp³-hybridized carbons (Fsp3) is 0.556. The standard InChI is InChI=1S/C9H13ClN2S/c10-9-5-6-7(12-4-3-11)1-2-8(6)13-9/h5,7,12H,1-4,11H2. The van der Waals surface area contributed by atoms with Crippen LogP contribution >= 0.6 is 22.9 Å². The summed E-state index contributed by atoms with van der Waals surface area (Å²) in [5.74, 6) is 0. The highest BCUT2D eigenvalue weighted by atomic mass is 35.5. The predicted octanol–water partition coefficient (Wildman–Crippen LogP) is 1.94. The molecule has 0 fully saturated rings. The van der Waals surface area contributed by atoms with E-state index >= 15 is 0 Å². The highest BCUT2D eigenvalue weighted by Gasteiger charge is 2.23. The van der Waals surface area contributed by atoms with Crippen LogP contribution in [0, 0.1) is 0 Å². The summed E-state index contributed by atoms with van der Waals surface area (Å²) in [4.78, 5) is 1.44. The summed E-state index contributed by atoms with van der Waals surface area (Å²) in [5.41, 5.74) is 6.84. The molecule has 0 bridgehead atoms. The quantitative estimate of drug-likeness (QED) is 0.811. The summed E-state index contributed by atoms with van der Waals surface area (Å²) in [6.45, 7) is 1.58. The molecular weight excluding hydrogens is 204 g/mol. The number of halogens is 1. The van der Waals surface area contributed by atoms with E-state index in [9.17, 15) is 0 Å². The molecule has 3 N–H and O–H groups in total. The van der Waals surface area contributed by atoms with Gasteiger partial charge in [0.2, 0.25) is 0 Å². The first-order chi connectivity index (χ1) is 6.31. The number of hydrogen-bond donors (Lipinski definition) is 2. The van der Waals surface area contributed by atoms with Crippen LogP contribution in [0.25, 0.3) is 0 Å². The van der Waals surface area contributed by atoms with Gasteiger partial charge in [-0.15, -0.1) is 11.3 Å². The van der Waals surface area contributed by atoms with Gasteiger partial charge < -0.3 is 11.1 Å². The van der Waals surface area contributed by atoms with E-state index in [0.717, 1.165) is 17.3 Å². The van der Waals surface area contributed by atoms with Gasteiger partial charge in [0.15, 0.2) is 0 Å². The van der Waals surface area contributed by atoms with Crippen LogP contribution in [-0.4, -0.2) is 13.1 Å². The van der Waals surface area contributed by atoms with E-state index in [1.807, 2.05) is 0 Å². The molecule has 2 rings (SSSR count). The number of nitrogens with two attached hydrogens (primary N) is 1. The molecule has 1 atom stereocenters.